The Morgan fingerprint density at radius 1 is 1.24 bits per heavy atom. The maximum absolute atomic E-state index is 12.3. The zero-order valence-corrected chi connectivity index (χ0v) is 13.2. The van der Waals surface area contributed by atoms with E-state index in [2.05, 4.69) is 15.5 Å². The quantitative estimate of drug-likeness (QED) is 0.589. The van der Waals surface area contributed by atoms with Crippen LogP contribution in [0.5, 0.6) is 0 Å². The molecule has 2 aromatic carbocycles. The predicted molar refractivity (Wildman–Crippen MR) is 92.6 cm³/mol. The Bertz CT molecular complexity index is 1180. The Balaban J connectivity index is 1.63. The minimum atomic E-state index is -0.405. The minimum absolute atomic E-state index is 0.0581. The first-order valence-corrected chi connectivity index (χ1v) is 8.04. The Morgan fingerprint density at radius 2 is 2.12 bits per heavy atom. The summed E-state index contributed by atoms with van der Waals surface area (Å²) in [4.78, 5) is 24.4. The highest BCUT2D eigenvalue weighted by Gasteiger charge is 2.27. The number of nitrogens with one attached hydrogen (secondary N) is 2. The number of aromatic amines is 1. The number of aromatic nitrogens is 3. The van der Waals surface area contributed by atoms with Crippen molar-refractivity contribution in [2.75, 3.05) is 5.32 Å². The van der Waals surface area contributed by atoms with E-state index in [9.17, 15) is 9.59 Å². The summed E-state index contributed by atoms with van der Waals surface area (Å²) in [5.41, 5.74) is 3.93. The molecule has 2 N–H and O–H groups in total. The van der Waals surface area contributed by atoms with Crippen LogP contribution < -0.4 is 11.1 Å². The molecule has 0 saturated heterocycles. The van der Waals surface area contributed by atoms with Gasteiger partial charge in [0.1, 0.15) is 0 Å². The van der Waals surface area contributed by atoms with Gasteiger partial charge in [-0.25, -0.2) is 4.79 Å². The highest BCUT2D eigenvalue weighted by molar-refractivity contribution is 5.98. The topological polar surface area (TPSA) is 92.9 Å². The van der Waals surface area contributed by atoms with Crippen LogP contribution in [-0.4, -0.2) is 20.7 Å². The maximum atomic E-state index is 12.3. The van der Waals surface area contributed by atoms with Gasteiger partial charge >= 0.3 is 5.76 Å². The number of anilines is 1. The fourth-order valence-corrected chi connectivity index (χ4v) is 3.56. The van der Waals surface area contributed by atoms with E-state index in [4.69, 9.17) is 4.42 Å². The molecule has 1 unspecified atom stereocenters. The summed E-state index contributed by atoms with van der Waals surface area (Å²) >= 11 is 0. The second-order valence-electron chi connectivity index (χ2n) is 6.29. The van der Waals surface area contributed by atoms with Gasteiger partial charge < -0.3 is 9.73 Å². The van der Waals surface area contributed by atoms with Crippen molar-refractivity contribution >= 4 is 33.6 Å². The van der Waals surface area contributed by atoms with E-state index in [0.29, 0.717) is 18.5 Å². The first-order chi connectivity index (χ1) is 12.2. The van der Waals surface area contributed by atoms with Crippen LogP contribution in [0.1, 0.15) is 17.9 Å². The van der Waals surface area contributed by atoms with Crippen molar-refractivity contribution in [3.8, 4) is 0 Å². The lowest BCUT2D eigenvalue weighted by Crippen LogP contribution is -2.27. The van der Waals surface area contributed by atoms with Gasteiger partial charge in [-0.3, -0.25) is 14.5 Å². The largest absolute Gasteiger partial charge is 0.419 e. The summed E-state index contributed by atoms with van der Waals surface area (Å²) in [6.45, 7) is 0.389. The van der Waals surface area contributed by atoms with Crippen molar-refractivity contribution in [1.29, 1.82) is 0 Å². The smallest absolute Gasteiger partial charge is 0.408 e. The SMILES string of the molecule is O=C1CC(Cn2c(=O)oc3ccccc32)c2cc3cn[nH]c3cc2N1. The molecule has 2 aromatic heterocycles. The van der Waals surface area contributed by atoms with Crippen LogP contribution in [0.4, 0.5) is 5.69 Å². The third-order valence-electron chi connectivity index (χ3n) is 4.73. The normalized spacial score (nSPS) is 17.0. The van der Waals surface area contributed by atoms with Gasteiger partial charge in [0.15, 0.2) is 5.58 Å². The second-order valence-corrected chi connectivity index (χ2v) is 6.29. The number of hydrogen-bond acceptors (Lipinski definition) is 4. The van der Waals surface area contributed by atoms with Gasteiger partial charge in [-0.05, 0) is 29.8 Å². The third kappa shape index (κ3) is 2.16. The maximum Gasteiger partial charge on any atom is 0.419 e. The molecule has 3 heterocycles. The molecule has 25 heavy (non-hydrogen) atoms. The molecule has 0 bridgehead atoms. The number of amides is 1. The number of carbonyl (C=O) groups excluding carboxylic acids is 1. The van der Waals surface area contributed by atoms with Crippen LogP contribution in [0.15, 0.2) is 51.8 Å². The van der Waals surface area contributed by atoms with Gasteiger partial charge in [0, 0.05) is 30.0 Å². The van der Waals surface area contributed by atoms with E-state index in [0.717, 1.165) is 27.7 Å². The number of nitrogens with zero attached hydrogens (tertiary/aromatic N) is 2. The number of benzene rings is 2. The van der Waals surface area contributed by atoms with Crippen molar-refractivity contribution < 1.29 is 9.21 Å². The van der Waals surface area contributed by atoms with Gasteiger partial charge in [0.05, 0.1) is 17.2 Å². The molecule has 1 aliphatic rings. The molecule has 1 aliphatic heterocycles. The van der Waals surface area contributed by atoms with Gasteiger partial charge in [-0.15, -0.1) is 0 Å². The molecule has 124 valence electrons. The molecule has 1 atom stereocenters. The van der Waals surface area contributed by atoms with Crippen LogP contribution in [-0.2, 0) is 11.3 Å². The molecule has 0 spiro atoms. The fourth-order valence-electron chi connectivity index (χ4n) is 3.56. The van der Waals surface area contributed by atoms with Crippen LogP contribution in [0.2, 0.25) is 0 Å². The van der Waals surface area contributed by atoms with Gasteiger partial charge in [-0.2, -0.15) is 5.10 Å². The highest BCUT2D eigenvalue weighted by Crippen LogP contribution is 2.36. The summed E-state index contributed by atoms with van der Waals surface area (Å²) in [7, 11) is 0. The molecule has 0 fully saturated rings. The lowest BCUT2D eigenvalue weighted by atomic mass is 9.89. The summed E-state index contributed by atoms with van der Waals surface area (Å²) in [6.07, 6.45) is 2.07. The van der Waals surface area contributed by atoms with E-state index in [1.54, 1.807) is 16.8 Å². The monoisotopic (exact) mass is 334 g/mol. The lowest BCUT2D eigenvalue weighted by molar-refractivity contribution is -0.116. The van der Waals surface area contributed by atoms with Crippen LogP contribution in [0.25, 0.3) is 22.0 Å². The summed E-state index contributed by atoms with van der Waals surface area (Å²) < 4.78 is 6.90. The number of oxazole rings is 1. The molecule has 1 amide bonds. The summed E-state index contributed by atoms with van der Waals surface area (Å²) in [5.74, 6) is -0.572. The average molecular weight is 334 g/mol. The van der Waals surface area contributed by atoms with Crippen LogP contribution >= 0.6 is 0 Å². The number of fused-ring (bicyclic) bond motifs is 3. The van der Waals surface area contributed by atoms with E-state index in [-0.39, 0.29) is 11.8 Å². The van der Waals surface area contributed by atoms with Crippen LogP contribution in [0.3, 0.4) is 0 Å². The van der Waals surface area contributed by atoms with E-state index >= 15 is 0 Å². The Morgan fingerprint density at radius 3 is 3.04 bits per heavy atom. The van der Waals surface area contributed by atoms with Gasteiger partial charge in [-0.1, -0.05) is 12.1 Å². The predicted octanol–water partition coefficient (Wildman–Crippen LogP) is 2.60. The molecule has 4 aromatic rings. The second kappa shape index (κ2) is 5.07. The number of rotatable bonds is 2. The van der Waals surface area contributed by atoms with Gasteiger partial charge in [0.2, 0.25) is 5.91 Å². The Hall–Kier alpha value is -3.35. The molecular weight excluding hydrogens is 320 g/mol. The van der Waals surface area contributed by atoms with Gasteiger partial charge in [0.25, 0.3) is 0 Å². The minimum Gasteiger partial charge on any atom is -0.408 e. The molecule has 7 nitrogen and oxygen atoms in total. The Labute approximate surface area is 141 Å². The standard InChI is InChI=1S/C18H14N4O3/c23-17-6-11(9-22-15-3-1-2-4-16(15)25-18(22)24)12-5-10-8-19-21-13(10)7-14(12)20-17/h1-5,7-8,11H,6,9H2,(H,19,21)(H,20,23). The lowest BCUT2D eigenvalue weighted by Gasteiger charge is -2.25. The molecular formula is C18H14N4O3. The van der Waals surface area contributed by atoms with Crippen molar-refractivity contribution in [1.82, 2.24) is 14.8 Å². The summed E-state index contributed by atoms with van der Waals surface area (Å²) in [6, 6.07) is 11.2. The van der Waals surface area contributed by atoms with Crippen molar-refractivity contribution in [3.05, 3.63) is 58.7 Å². The Kier molecular flexibility index (Phi) is 2.85. The zero-order chi connectivity index (χ0) is 17.0. The number of hydrogen-bond donors (Lipinski definition) is 2. The molecule has 0 saturated carbocycles. The highest BCUT2D eigenvalue weighted by atomic mass is 16.4. The number of para-hydroxylation sites is 2. The molecule has 7 heteroatoms. The first kappa shape index (κ1) is 14.0. The van der Waals surface area contributed by atoms with E-state index < -0.39 is 5.76 Å². The number of H-pyrrole nitrogens is 1. The van der Waals surface area contributed by atoms with Crippen molar-refractivity contribution in [3.63, 3.8) is 0 Å². The van der Waals surface area contributed by atoms with E-state index in [1.807, 2.05) is 30.3 Å². The fraction of sp³-hybridized carbons (Fsp3) is 0.167. The third-order valence-corrected chi connectivity index (χ3v) is 4.73. The average Bonchev–Trinajstić information content (AvgIpc) is 3.17. The first-order valence-electron chi connectivity index (χ1n) is 8.04. The molecule has 5 rings (SSSR count). The zero-order valence-electron chi connectivity index (χ0n) is 13.2. The summed E-state index contributed by atoms with van der Waals surface area (Å²) in [5, 5.41) is 10.8. The van der Waals surface area contributed by atoms with Crippen LogP contribution in [0, 0.1) is 0 Å². The van der Waals surface area contributed by atoms with Crippen molar-refractivity contribution in [2.45, 2.75) is 18.9 Å². The number of carbonyl (C=O) groups is 1. The van der Waals surface area contributed by atoms with E-state index in [1.165, 1.54) is 0 Å². The van der Waals surface area contributed by atoms with Crippen molar-refractivity contribution in [2.24, 2.45) is 0 Å². The molecule has 0 aliphatic carbocycles. The molecule has 0 radical (unpaired) electrons.